The van der Waals surface area contributed by atoms with Crippen molar-refractivity contribution < 1.29 is 8.42 Å². The molecule has 16 heavy (non-hydrogen) atoms. The lowest BCUT2D eigenvalue weighted by atomic mass is 10.2. The zero-order valence-electron chi connectivity index (χ0n) is 9.14. The molecule has 0 aliphatic rings. The second-order valence-corrected chi connectivity index (χ2v) is 5.42. The van der Waals surface area contributed by atoms with Gasteiger partial charge in [0.2, 0.25) is 0 Å². The maximum atomic E-state index is 12.0. The third-order valence-electron chi connectivity index (χ3n) is 2.20. The summed E-state index contributed by atoms with van der Waals surface area (Å²) in [7, 11) is -2.15. The van der Waals surface area contributed by atoms with Crippen molar-refractivity contribution in [1.29, 1.82) is 0 Å². The molecule has 1 heterocycles. The largest absolute Gasteiger partial charge is 0.329 e. The molecule has 6 nitrogen and oxygen atoms in total. The second kappa shape index (κ2) is 5.13. The molecule has 92 valence electrons. The Hall–Kier alpha value is -0.630. The van der Waals surface area contributed by atoms with Crippen molar-refractivity contribution in [1.82, 2.24) is 14.5 Å². The average Bonchev–Trinajstić information content (AvgIpc) is 2.55. The minimum Gasteiger partial charge on any atom is -0.329 e. The van der Waals surface area contributed by atoms with Crippen molar-refractivity contribution >= 4 is 21.6 Å². The van der Waals surface area contributed by atoms with Gasteiger partial charge in [0.05, 0.1) is 11.2 Å². The van der Waals surface area contributed by atoms with Crippen molar-refractivity contribution in [2.45, 2.75) is 24.4 Å². The number of sulfonamides is 1. The molecule has 1 aromatic heterocycles. The minimum absolute atomic E-state index is 0.0407. The van der Waals surface area contributed by atoms with Crippen LogP contribution in [0.5, 0.6) is 0 Å². The van der Waals surface area contributed by atoms with Crippen LogP contribution in [0.15, 0.2) is 11.2 Å². The molecule has 0 saturated heterocycles. The highest BCUT2D eigenvalue weighted by Gasteiger charge is 2.24. The van der Waals surface area contributed by atoms with Crippen LogP contribution < -0.4 is 10.5 Å². The van der Waals surface area contributed by atoms with E-state index in [0.717, 1.165) is 0 Å². The van der Waals surface area contributed by atoms with Crippen LogP contribution >= 0.6 is 11.6 Å². The van der Waals surface area contributed by atoms with Crippen molar-refractivity contribution in [2.24, 2.45) is 12.8 Å². The molecule has 0 radical (unpaired) electrons. The highest BCUT2D eigenvalue weighted by Crippen LogP contribution is 2.19. The highest BCUT2D eigenvalue weighted by molar-refractivity contribution is 7.89. The molecule has 0 saturated carbocycles. The van der Waals surface area contributed by atoms with E-state index in [9.17, 15) is 8.42 Å². The predicted molar refractivity (Wildman–Crippen MR) is 61.7 cm³/mol. The quantitative estimate of drug-likeness (QED) is 0.790. The number of nitrogens with one attached hydrogen (secondary N) is 1. The molecule has 1 unspecified atom stereocenters. The Balaban J connectivity index is 3.03. The summed E-state index contributed by atoms with van der Waals surface area (Å²) in [6, 6.07) is -0.295. The molecule has 0 aliphatic heterocycles. The first-order valence-electron chi connectivity index (χ1n) is 4.82. The van der Waals surface area contributed by atoms with Gasteiger partial charge < -0.3 is 5.73 Å². The standard InChI is InChI=1S/C8H15ClN4O2S/c1-3-6(4-10)12-16(14,15)8-7(9)5-11-13(8)2/h5-6,12H,3-4,10H2,1-2H3. The minimum atomic E-state index is -3.66. The number of hydrogen-bond donors (Lipinski definition) is 2. The number of nitrogens with zero attached hydrogens (tertiary/aromatic N) is 2. The second-order valence-electron chi connectivity index (χ2n) is 3.38. The van der Waals surface area contributed by atoms with Gasteiger partial charge in [-0.3, -0.25) is 4.68 Å². The lowest BCUT2D eigenvalue weighted by molar-refractivity contribution is 0.530. The Labute approximate surface area is 99.8 Å². The van der Waals surface area contributed by atoms with Crippen LogP contribution in [0.25, 0.3) is 0 Å². The molecular formula is C8H15ClN4O2S. The molecular weight excluding hydrogens is 252 g/mol. The van der Waals surface area contributed by atoms with E-state index in [4.69, 9.17) is 17.3 Å². The number of hydrogen-bond acceptors (Lipinski definition) is 4. The zero-order chi connectivity index (χ0) is 12.3. The SMILES string of the molecule is CCC(CN)NS(=O)(=O)c1c(Cl)cnn1C. The molecule has 1 atom stereocenters. The van der Waals surface area contributed by atoms with Gasteiger partial charge >= 0.3 is 0 Å². The Kier molecular flexibility index (Phi) is 4.31. The fourth-order valence-corrected chi connectivity index (χ4v) is 3.26. The van der Waals surface area contributed by atoms with E-state index in [1.54, 1.807) is 0 Å². The Morgan fingerprint density at radius 2 is 2.31 bits per heavy atom. The number of aryl methyl sites for hydroxylation is 1. The van der Waals surface area contributed by atoms with E-state index < -0.39 is 10.0 Å². The molecule has 0 aliphatic carbocycles. The van der Waals surface area contributed by atoms with Crippen LogP contribution in [0.4, 0.5) is 0 Å². The van der Waals surface area contributed by atoms with Gasteiger partial charge in [-0.25, -0.2) is 13.1 Å². The molecule has 1 aromatic rings. The molecule has 1 rings (SSSR count). The monoisotopic (exact) mass is 266 g/mol. The van der Waals surface area contributed by atoms with Crippen molar-refractivity contribution in [3.05, 3.63) is 11.2 Å². The van der Waals surface area contributed by atoms with E-state index in [1.165, 1.54) is 17.9 Å². The molecule has 0 fully saturated rings. The first-order chi connectivity index (χ1) is 7.42. The van der Waals surface area contributed by atoms with Gasteiger partial charge in [-0.15, -0.1) is 0 Å². The van der Waals surface area contributed by atoms with E-state index in [-0.39, 0.29) is 22.6 Å². The van der Waals surface area contributed by atoms with Gasteiger partial charge in [0.25, 0.3) is 10.0 Å². The van der Waals surface area contributed by atoms with Gasteiger partial charge in [0, 0.05) is 19.6 Å². The van der Waals surface area contributed by atoms with E-state index in [1.807, 2.05) is 6.92 Å². The van der Waals surface area contributed by atoms with Gasteiger partial charge in [-0.05, 0) is 6.42 Å². The fourth-order valence-electron chi connectivity index (χ4n) is 1.28. The first kappa shape index (κ1) is 13.4. The normalized spacial score (nSPS) is 14.0. The van der Waals surface area contributed by atoms with Crippen LogP contribution in [-0.2, 0) is 17.1 Å². The lowest BCUT2D eigenvalue weighted by Crippen LogP contribution is -2.40. The Morgan fingerprint density at radius 1 is 1.69 bits per heavy atom. The van der Waals surface area contributed by atoms with Crippen molar-refractivity contribution in [3.8, 4) is 0 Å². The van der Waals surface area contributed by atoms with E-state index in [0.29, 0.717) is 6.42 Å². The number of halogens is 1. The third kappa shape index (κ3) is 2.73. The lowest BCUT2D eigenvalue weighted by Gasteiger charge is -2.14. The summed E-state index contributed by atoms with van der Waals surface area (Å²) >= 11 is 5.77. The summed E-state index contributed by atoms with van der Waals surface area (Å²) < 4.78 is 27.6. The fraction of sp³-hybridized carbons (Fsp3) is 0.625. The molecule has 8 heteroatoms. The van der Waals surface area contributed by atoms with Gasteiger partial charge in [-0.2, -0.15) is 5.10 Å². The Morgan fingerprint density at radius 3 is 2.69 bits per heavy atom. The molecule has 0 bridgehead atoms. The van der Waals surface area contributed by atoms with E-state index >= 15 is 0 Å². The van der Waals surface area contributed by atoms with Crippen LogP contribution in [0.1, 0.15) is 13.3 Å². The van der Waals surface area contributed by atoms with E-state index in [2.05, 4.69) is 9.82 Å². The third-order valence-corrected chi connectivity index (χ3v) is 4.22. The molecule has 0 aromatic carbocycles. The summed E-state index contributed by atoms with van der Waals surface area (Å²) in [5.41, 5.74) is 5.44. The van der Waals surface area contributed by atoms with Crippen molar-refractivity contribution in [3.63, 3.8) is 0 Å². The van der Waals surface area contributed by atoms with Gasteiger partial charge in [0.1, 0.15) is 0 Å². The van der Waals surface area contributed by atoms with Crippen LogP contribution in [0.2, 0.25) is 5.02 Å². The summed E-state index contributed by atoms with van der Waals surface area (Å²) in [6.45, 7) is 2.09. The Bertz CT molecular complexity index is 433. The maximum absolute atomic E-state index is 12.0. The van der Waals surface area contributed by atoms with Crippen LogP contribution in [-0.4, -0.2) is 30.8 Å². The smallest absolute Gasteiger partial charge is 0.259 e. The number of rotatable bonds is 5. The summed E-state index contributed by atoms with van der Waals surface area (Å²) in [6.07, 6.45) is 1.91. The molecule has 0 spiro atoms. The highest BCUT2D eigenvalue weighted by atomic mass is 35.5. The first-order valence-corrected chi connectivity index (χ1v) is 6.68. The van der Waals surface area contributed by atoms with Crippen LogP contribution in [0, 0.1) is 0 Å². The molecule has 0 amide bonds. The summed E-state index contributed by atoms with van der Waals surface area (Å²) in [5.74, 6) is 0. The summed E-state index contributed by atoms with van der Waals surface area (Å²) in [5, 5.41) is 3.83. The number of nitrogens with two attached hydrogens (primary N) is 1. The number of aromatic nitrogens is 2. The topological polar surface area (TPSA) is 90.0 Å². The zero-order valence-corrected chi connectivity index (χ0v) is 10.7. The van der Waals surface area contributed by atoms with Crippen LogP contribution in [0.3, 0.4) is 0 Å². The summed E-state index contributed by atoms with van der Waals surface area (Å²) in [4.78, 5) is 0. The van der Waals surface area contributed by atoms with Gasteiger partial charge in [0.15, 0.2) is 5.03 Å². The maximum Gasteiger partial charge on any atom is 0.259 e. The van der Waals surface area contributed by atoms with Gasteiger partial charge in [-0.1, -0.05) is 18.5 Å². The average molecular weight is 267 g/mol. The molecule has 3 N–H and O–H groups in total. The predicted octanol–water partition coefficient (Wildman–Crippen LogP) is 0.0891. The van der Waals surface area contributed by atoms with Crippen molar-refractivity contribution in [2.75, 3.05) is 6.54 Å².